The Labute approximate surface area is 118 Å². The van der Waals surface area contributed by atoms with Crippen molar-refractivity contribution in [1.82, 2.24) is 0 Å². The number of anilines is 1. The average molecular weight is 287 g/mol. The lowest BCUT2D eigenvalue weighted by molar-refractivity contribution is -0.384. The number of nitro groups is 1. The molecule has 0 aliphatic rings. The van der Waals surface area contributed by atoms with Gasteiger partial charge in [-0.25, -0.2) is 0 Å². The van der Waals surface area contributed by atoms with Crippen molar-refractivity contribution < 1.29 is 9.66 Å². The van der Waals surface area contributed by atoms with Crippen LogP contribution in [0.3, 0.4) is 0 Å². The van der Waals surface area contributed by atoms with Crippen molar-refractivity contribution in [2.24, 2.45) is 0 Å². The van der Waals surface area contributed by atoms with Crippen molar-refractivity contribution in [2.75, 3.05) is 19.0 Å². The number of halogens is 1. The van der Waals surface area contributed by atoms with Gasteiger partial charge in [0.15, 0.2) is 0 Å². The van der Waals surface area contributed by atoms with E-state index in [1.807, 2.05) is 6.92 Å². The van der Waals surface area contributed by atoms with E-state index in [0.29, 0.717) is 6.61 Å². The Balaban J connectivity index is 2.94. The van der Waals surface area contributed by atoms with E-state index in [9.17, 15) is 10.1 Å². The fraction of sp³-hybridized carbons (Fsp3) is 0.538. The van der Waals surface area contributed by atoms with E-state index in [4.69, 9.17) is 16.3 Å². The summed E-state index contributed by atoms with van der Waals surface area (Å²) >= 11 is 5.92. The first kappa shape index (κ1) is 15.7. The number of benzene rings is 1. The normalized spacial score (nSPS) is 12.2. The number of methoxy groups -OCH3 is 1. The van der Waals surface area contributed by atoms with E-state index in [0.717, 1.165) is 24.1 Å². The first-order valence-corrected chi connectivity index (χ1v) is 6.57. The van der Waals surface area contributed by atoms with Gasteiger partial charge in [-0.2, -0.15) is 0 Å². The third kappa shape index (κ3) is 4.36. The van der Waals surface area contributed by atoms with Gasteiger partial charge in [-0.05, 0) is 25.0 Å². The second-order valence-corrected chi connectivity index (χ2v) is 4.87. The van der Waals surface area contributed by atoms with Crippen LogP contribution in [0.15, 0.2) is 12.1 Å². The highest BCUT2D eigenvalue weighted by molar-refractivity contribution is 6.33. The standard InChI is InChI=1S/C13H19ClN2O3/c1-4-5-10(8-19-3)15-12-7-11(14)13(16(17)18)6-9(12)2/h6-7,10,15H,4-5,8H2,1-3H3. The molecule has 6 heteroatoms. The van der Waals surface area contributed by atoms with Crippen molar-refractivity contribution in [2.45, 2.75) is 32.7 Å². The monoisotopic (exact) mass is 286 g/mol. The molecule has 1 unspecified atom stereocenters. The molecule has 0 spiro atoms. The van der Waals surface area contributed by atoms with E-state index < -0.39 is 4.92 Å². The van der Waals surface area contributed by atoms with Gasteiger partial charge in [-0.1, -0.05) is 24.9 Å². The highest BCUT2D eigenvalue weighted by Gasteiger charge is 2.16. The molecule has 0 aromatic heterocycles. The number of nitro benzene ring substituents is 1. The van der Waals surface area contributed by atoms with Gasteiger partial charge in [0.25, 0.3) is 5.69 Å². The van der Waals surface area contributed by atoms with Crippen LogP contribution in [0, 0.1) is 17.0 Å². The van der Waals surface area contributed by atoms with Gasteiger partial charge in [0.1, 0.15) is 5.02 Å². The van der Waals surface area contributed by atoms with Crippen molar-refractivity contribution >= 4 is 23.0 Å². The van der Waals surface area contributed by atoms with E-state index >= 15 is 0 Å². The van der Waals surface area contributed by atoms with E-state index in [1.54, 1.807) is 13.2 Å². The van der Waals surface area contributed by atoms with Gasteiger partial charge < -0.3 is 10.1 Å². The molecule has 1 aromatic rings. The minimum atomic E-state index is -0.474. The van der Waals surface area contributed by atoms with E-state index in [1.165, 1.54) is 6.07 Å². The summed E-state index contributed by atoms with van der Waals surface area (Å²) in [7, 11) is 1.65. The number of nitrogens with zero attached hydrogens (tertiary/aromatic N) is 1. The first-order valence-electron chi connectivity index (χ1n) is 6.19. The maximum absolute atomic E-state index is 10.8. The summed E-state index contributed by atoms with van der Waals surface area (Å²) in [6, 6.07) is 3.26. The quantitative estimate of drug-likeness (QED) is 0.612. The van der Waals surface area contributed by atoms with Gasteiger partial charge in [-0.15, -0.1) is 0 Å². The second-order valence-electron chi connectivity index (χ2n) is 4.46. The zero-order valence-corrected chi connectivity index (χ0v) is 12.2. The molecule has 0 amide bonds. The molecule has 0 radical (unpaired) electrons. The number of nitrogens with one attached hydrogen (secondary N) is 1. The van der Waals surface area contributed by atoms with Crippen molar-refractivity contribution in [1.29, 1.82) is 0 Å². The molecule has 0 heterocycles. The molecule has 0 fully saturated rings. The van der Waals surface area contributed by atoms with Gasteiger partial charge in [-0.3, -0.25) is 10.1 Å². The minimum absolute atomic E-state index is 0.0662. The molecular formula is C13H19ClN2O3. The molecule has 0 aliphatic carbocycles. The molecule has 0 saturated heterocycles. The Morgan fingerprint density at radius 2 is 2.21 bits per heavy atom. The Morgan fingerprint density at radius 3 is 2.74 bits per heavy atom. The Kier molecular flexibility index (Phi) is 6.05. The fourth-order valence-electron chi connectivity index (χ4n) is 1.93. The molecule has 1 rings (SSSR count). The predicted octanol–water partition coefficient (Wildman–Crippen LogP) is 3.78. The SMILES string of the molecule is CCCC(COC)Nc1cc(Cl)c([N+](=O)[O-])cc1C. The predicted molar refractivity (Wildman–Crippen MR) is 77.0 cm³/mol. The molecule has 0 aliphatic heterocycles. The summed E-state index contributed by atoms with van der Waals surface area (Å²) in [5.41, 5.74) is 1.54. The number of hydrogen-bond donors (Lipinski definition) is 1. The van der Waals surface area contributed by atoms with Crippen LogP contribution in [0.1, 0.15) is 25.3 Å². The third-order valence-corrected chi connectivity index (χ3v) is 3.16. The van der Waals surface area contributed by atoms with Crippen LogP contribution < -0.4 is 5.32 Å². The van der Waals surface area contributed by atoms with Crippen LogP contribution in [0.5, 0.6) is 0 Å². The second kappa shape index (κ2) is 7.31. The van der Waals surface area contributed by atoms with Gasteiger partial charge in [0.2, 0.25) is 0 Å². The average Bonchev–Trinajstić information content (AvgIpc) is 2.33. The van der Waals surface area contributed by atoms with E-state index in [-0.39, 0.29) is 16.8 Å². The summed E-state index contributed by atoms with van der Waals surface area (Å²) in [6.45, 7) is 4.50. The van der Waals surface area contributed by atoms with E-state index in [2.05, 4.69) is 12.2 Å². The maximum Gasteiger partial charge on any atom is 0.288 e. The Bertz CT molecular complexity index is 446. The lowest BCUT2D eigenvalue weighted by Crippen LogP contribution is -2.25. The van der Waals surface area contributed by atoms with Crippen LogP contribution in [0.2, 0.25) is 5.02 Å². The lowest BCUT2D eigenvalue weighted by atomic mass is 10.1. The highest BCUT2D eigenvalue weighted by atomic mass is 35.5. The van der Waals surface area contributed by atoms with Crippen LogP contribution in [-0.2, 0) is 4.74 Å². The van der Waals surface area contributed by atoms with Crippen LogP contribution in [-0.4, -0.2) is 24.7 Å². The molecular weight excluding hydrogens is 268 g/mol. The number of aryl methyl sites for hydroxylation is 1. The molecule has 19 heavy (non-hydrogen) atoms. The van der Waals surface area contributed by atoms with Crippen molar-refractivity contribution in [3.8, 4) is 0 Å². The van der Waals surface area contributed by atoms with Crippen LogP contribution >= 0.6 is 11.6 Å². The Morgan fingerprint density at radius 1 is 1.53 bits per heavy atom. The maximum atomic E-state index is 10.8. The Hall–Kier alpha value is -1.33. The molecule has 5 nitrogen and oxygen atoms in total. The number of ether oxygens (including phenoxy) is 1. The molecule has 0 bridgehead atoms. The minimum Gasteiger partial charge on any atom is -0.383 e. The summed E-state index contributed by atoms with van der Waals surface area (Å²) in [4.78, 5) is 10.3. The summed E-state index contributed by atoms with van der Waals surface area (Å²) in [6.07, 6.45) is 1.99. The summed E-state index contributed by atoms with van der Waals surface area (Å²) < 4.78 is 5.16. The van der Waals surface area contributed by atoms with Crippen molar-refractivity contribution in [3.05, 3.63) is 32.8 Å². The number of rotatable bonds is 7. The van der Waals surface area contributed by atoms with Crippen LogP contribution in [0.25, 0.3) is 0 Å². The molecule has 1 N–H and O–H groups in total. The van der Waals surface area contributed by atoms with Crippen molar-refractivity contribution in [3.63, 3.8) is 0 Å². The fourth-order valence-corrected chi connectivity index (χ4v) is 2.16. The summed E-state index contributed by atoms with van der Waals surface area (Å²) in [5, 5.41) is 14.3. The highest BCUT2D eigenvalue weighted by Crippen LogP contribution is 2.31. The van der Waals surface area contributed by atoms with Gasteiger partial charge in [0.05, 0.1) is 11.5 Å². The molecule has 0 saturated carbocycles. The largest absolute Gasteiger partial charge is 0.383 e. The van der Waals surface area contributed by atoms with Crippen LogP contribution in [0.4, 0.5) is 11.4 Å². The molecule has 106 valence electrons. The summed E-state index contributed by atoms with van der Waals surface area (Å²) in [5.74, 6) is 0. The topological polar surface area (TPSA) is 64.4 Å². The smallest absolute Gasteiger partial charge is 0.288 e. The first-order chi connectivity index (χ1) is 8.99. The van der Waals surface area contributed by atoms with Gasteiger partial charge in [0, 0.05) is 24.9 Å². The third-order valence-electron chi connectivity index (χ3n) is 2.86. The van der Waals surface area contributed by atoms with Gasteiger partial charge >= 0.3 is 0 Å². The number of hydrogen-bond acceptors (Lipinski definition) is 4. The zero-order chi connectivity index (χ0) is 14.4. The lowest BCUT2D eigenvalue weighted by Gasteiger charge is -2.20. The molecule has 1 aromatic carbocycles. The molecule has 1 atom stereocenters. The zero-order valence-electron chi connectivity index (χ0n) is 11.4.